The Balaban J connectivity index is 1.48. The van der Waals surface area contributed by atoms with E-state index >= 15 is 0 Å². The van der Waals surface area contributed by atoms with Crippen molar-refractivity contribution >= 4 is 101 Å². The molecule has 2 aliphatic heterocycles. The van der Waals surface area contributed by atoms with E-state index in [2.05, 4.69) is 63.8 Å². The van der Waals surface area contributed by atoms with Crippen LogP contribution in [0.5, 0.6) is 0 Å². The summed E-state index contributed by atoms with van der Waals surface area (Å²) < 4.78 is 65.7. The normalized spacial score (nSPS) is 15.2. The van der Waals surface area contributed by atoms with Crippen LogP contribution in [0, 0.1) is 23.7 Å². The molecule has 752 valence electrons. The number of carbonyl (C=O) groups is 17. The molecule has 2 unspecified atom stereocenters. The van der Waals surface area contributed by atoms with Crippen molar-refractivity contribution in [2.45, 2.75) is 168 Å². The number of hydrogen-bond acceptors (Lipinski definition) is 30. The summed E-state index contributed by atoms with van der Waals surface area (Å²) in [6.07, 6.45) is 0.923. The highest BCUT2D eigenvalue weighted by molar-refractivity contribution is 6.13. The number of hydrogen-bond donors (Lipinski definition) is 12. The first-order chi connectivity index (χ1) is 63.6. The number of likely N-dealkylation sites (tertiary alicyclic amines) is 1. The van der Waals surface area contributed by atoms with E-state index in [1.807, 2.05) is 78.7 Å². The average molecular weight is 1890 g/mol. The van der Waals surface area contributed by atoms with Crippen LogP contribution in [-0.4, -0.2) is 395 Å². The number of rotatable bonds is 72. The summed E-state index contributed by atoms with van der Waals surface area (Å²) >= 11 is 0. The Hall–Kier alpha value is -10.5. The van der Waals surface area contributed by atoms with Crippen LogP contribution in [0.25, 0.3) is 0 Å². The number of nitrogens with one attached hydrogen (secondary N) is 12. The summed E-state index contributed by atoms with van der Waals surface area (Å²) in [5, 5.41) is 30.2. The number of imide groups is 1. The third-order valence-corrected chi connectivity index (χ3v) is 21.2. The van der Waals surface area contributed by atoms with Crippen LogP contribution < -0.4 is 63.8 Å². The summed E-state index contributed by atoms with van der Waals surface area (Å²) in [7, 11) is 9.87. The first kappa shape index (κ1) is 117. The van der Waals surface area contributed by atoms with Crippen LogP contribution >= 0.6 is 0 Å². The molecule has 0 saturated carbocycles. The van der Waals surface area contributed by atoms with Gasteiger partial charge in [-0.3, -0.25) is 81.7 Å². The van der Waals surface area contributed by atoms with Crippen molar-refractivity contribution in [1.29, 1.82) is 0 Å². The lowest BCUT2D eigenvalue weighted by molar-refractivity contribution is -0.148. The Kier molecular flexibility index (Phi) is 59.3. The van der Waals surface area contributed by atoms with Gasteiger partial charge in [0.2, 0.25) is 76.8 Å². The minimum Gasteiger partial charge on any atom is -0.464 e. The number of methoxy groups -OCH3 is 3. The van der Waals surface area contributed by atoms with Crippen LogP contribution in [0.4, 0.5) is 4.79 Å². The van der Waals surface area contributed by atoms with Crippen LogP contribution in [0.3, 0.4) is 0 Å². The highest BCUT2D eigenvalue weighted by atomic mass is 16.6. The van der Waals surface area contributed by atoms with Crippen molar-refractivity contribution in [3.05, 3.63) is 48.0 Å². The Morgan fingerprint density at radius 2 is 1.00 bits per heavy atom. The summed E-state index contributed by atoms with van der Waals surface area (Å²) in [6, 6.07) is 2.76. The van der Waals surface area contributed by atoms with E-state index in [1.165, 1.54) is 21.1 Å². The second-order valence-corrected chi connectivity index (χ2v) is 32.4. The Morgan fingerprint density at radius 3 is 1.53 bits per heavy atom. The van der Waals surface area contributed by atoms with Crippen LogP contribution in [0.15, 0.2) is 42.5 Å². The maximum absolute atomic E-state index is 14.6. The summed E-state index contributed by atoms with van der Waals surface area (Å²) in [5.41, 5.74) is 0.743. The van der Waals surface area contributed by atoms with Crippen LogP contribution in [0.1, 0.15) is 112 Å². The van der Waals surface area contributed by atoms with E-state index in [0.717, 1.165) is 22.6 Å². The monoisotopic (exact) mass is 1890 g/mol. The molecule has 0 bridgehead atoms. The number of alkyl carbamates (subject to hydrolysis) is 1. The van der Waals surface area contributed by atoms with Crippen molar-refractivity contribution in [3.63, 3.8) is 0 Å². The first-order valence-electron chi connectivity index (χ1n) is 45.1. The van der Waals surface area contributed by atoms with Crippen molar-refractivity contribution in [2.24, 2.45) is 23.7 Å². The van der Waals surface area contributed by atoms with Gasteiger partial charge in [0.25, 0.3) is 11.8 Å². The third kappa shape index (κ3) is 47.8. The van der Waals surface area contributed by atoms with E-state index in [9.17, 15) is 81.5 Å². The second-order valence-electron chi connectivity index (χ2n) is 32.4. The molecule has 45 nitrogen and oxygen atoms in total. The molecule has 1 saturated heterocycles. The molecule has 0 radical (unpaired) electrons. The number of amides is 16. The quantitative estimate of drug-likeness (QED) is 0.0172. The Bertz CT molecular complexity index is 3770. The SMILES string of the molecule is CC[C@H](C)[C@@H]([C@@H](CC(=O)N1CCC[C@H]1[C@H](OC)[C@@H](C)C(=O)N[C@@H](Cc1ccccc1)C(=O)NCCCOC(=O)C(C)NC(=O)CCNC(=O)OCC(NC(=O)CNC(=O)CNC(=O)CNC(=O)CNC(=O)CCOCCOCCNC(=O)CCN1C(=O)C=CC1=O)C(=O)NCCOCCOCCOCCOCCOCCOC)OC)N(C)C(=O)[C@@H](NC(=O)[C@H](C(C)C)N(C)C)C(C)C. The first-order valence-corrected chi connectivity index (χ1v) is 45.1. The fourth-order valence-electron chi connectivity index (χ4n) is 14.0. The van der Waals surface area contributed by atoms with Gasteiger partial charge in [0.15, 0.2) is 0 Å². The van der Waals surface area contributed by atoms with Crippen molar-refractivity contribution < 1.29 is 138 Å². The van der Waals surface area contributed by atoms with E-state index in [-0.39, 0.29) is 172 Å². The zero-order valence-corrected chi connectivity index (χ0v) is 79.6. The van der Waals surface area contributed by atoms with Gasteiger partial charge < -0.3 is 130 Å². The fraction of sp³-hybridized carbons (Fsp3) is 0.716. The Labute approximate surface area is 778 Å². The maximum Gasteiger partial charge on any atom is 0.407 e. The molecular formula is C88H146N16O29. The van der Waals surface area contributed by atoms with Crippen LogP contribution in [-0.2, 0) is 140 Å². The summed E-state index contributed by atoms with van der Waals surface area (Å²) in [5.74, 6) is -10.8. The summed E-state index contributed by atoms with van der Waals surface area (Å²) in [6.45, 7) is 15.1. The van der Waals surface area contributed by atoms with Gasteiger partial charge in [-0.2, -0.15) is 0 Å². The second kappa shape index (κ2) is 67.6. The number of nitrogens with zero attached hydrogens (tertiary/aromatic N) is 4. The molecule has 1 aromatic carbocycles. The van der Waals surface area contributed by atoms with Crippen molar-refractivity contribution in [2.75, 3.05) is 220 Å². The molecule has 1 fully saturated rings. The lowest BCUT2D eigenvalue weighted by Gasteiger charge is -2.41. The molecule has 2 aliphatic rings. The van der Waals surface area contributed by atoms with Crippen LogP contribution in [0.2, 0.25) is 0 Å². The van der Waals surface area contributed by atoms with E-state index in [1.54, 1.807) is 43.0 Å². The Morgan fingerprint density at radius 1 is 0.481 bits per heavy atom. The van der Waals surface area contributed by atoms with E-state index in [4.69, 9.17) is 56.8 Å². The zero-order chi connectivity index (χ0) is 98.6. The maximum atomic E-state index is 14.6. The van der Waals surface area contributed by atoms with E-state index < -0.39 is 170 Å². The van der Waals surface area contributed by atoms with Gasteiger partial charge in [-0.15, -0.1) is 0 Å². The zero-order valence-electron chi connectivity index (χ0n) is 79.6. The molecule has 0 aliphatic carbocycles. The third-order valence-electron chi connectivity index (χ3n) is 21.2. The van der Waals surface area contributed by atoms with Gasteiger partial charge in [0.1, 0.15) is 30.8 Å². The number of benzene rings is 1. The van der Waals surface area contributed by atoms with Gasteiger partial charge in [-0.05, 0) is 63.6 Å². The number of carbonyl (C=O) groups excluding carboxylic acids is 17. The molecule has 16 amide bonds. The number of ether oxygens (including phenoxy) is 12. The van der Waals surface area contributed by atoms with Gasteiger partial charge >= 0.3 is 12.1 Å². The molecule has 2 heterocycles. The van der Waals surface area contributed by atoms with Gasteiger partial charge in [0.05, 0.1) is 175 Å². The van der Waals surface area contributed by atoms with Crippen molar-refractivity contribution in [3.8, 4) is 0 Å². The number of likely N-dealkylation sites (N-methyl/N-ethyl adjacent to an activating group) is 2. The molecule has 133 heavy (non-hydrogen) atoms. The van der Waals surface area contributed by atoms with Gasteiger partial charge in [0, 0.05) is 105 Å². The fourth-order valence-corrected chi connectivity index (χ4v) is 14.0. The molecule has 3 rings (SSSR count). The predicted octanol–water partition coefficient (Wildman–Crippen LogP) is -3.32. The largest absolute Gasteiger partial charge is 0.464 e. The van der Waals surface area contributed by atoms with E-state index in [0.29, 0.717) is 72.1 Å². The summed E-state index contributed by atoms with van der Waals surface area (Å²) in [4.78, 5) is 228. The topological polar surface area (TPSA) is 558 Å². The molecule has 1 aromatic rings. The van der Waals surface area contributed by atoms with Gasteiger partial charge in [-0.25, -0.2) is 9.59 Å². The number of esters is 1. The molecule has 11 atom stereocenters. The highest BCUT2D eigenvalue weighted by Crippen LogP contribution is 2.30. The highest BCUT2D eigenvalue weighted by Gasteiger charge is 2.44. The smallest absolute Gasteiger partial charge is 0.407 e. The minimum absolute atomic E-state index is 0.00385. The molecular weight excluding hydrogens is 1750 g/mol. The molecule has 0 aromatic heterocycles. The lowest BCUT2D eigenvalue weighted by atomic mass is 9.89. The minimum atomic E-state index is -1.56. The molecule has 12 N–H and O–H groups in total. The average Bonchev–Trinajstić information content (AvgIpc) is 1.77. The molecule has 45 heteroatoms. The standard InChI is InChI=1S/C88H146N16O29/c1-15-60(6)80(102(11)86(119)78(58(2)3)100-85(118)79(59(4)5)101(9)10)67(123-13)52-77(114)103-33-19-23-66(103)81(124-14)61(7)82(115)99-64(51-63-21-17-16-18-22-63)83(116)90-29-20-35-132-87(120)62(8)97-70(107)26-30-92-88(121)133-57-65(84(117)91-32-38-127-43-44-129-47-48-131-50-49-130-46-45-128-40-39-122-12)98-74(111)56-96-73(110)55-95-72(109)54-94-71(108)53-93-69(106)28-36-125-41-42-126-37-31-89-68(105)27-34-104-75(112)24-25-76(104)113/h16-18,21-22,24-25,58-62,64-67,78-81H,15,19-20,23,26-57H2,1-14H3,(H,89,105)(H,90,116)(H,91,117)(H,92,121)(H,93,106)(H,94,108)(H,95,109)(H,96,110)(H,97,107)(H,98,111)(H,99,115)(H,100,118)/t60-,61+,62?,64-,65?,66-,67+,78-,79-,80-,81+/m0/s1. The lowest BCUT2D eigenvalue weighted by Crippen LogP contribution is -2.59. The predicted molar refractivity (Wildman–Crippen MR) is 480 cm³/mol. The van der Waals surface area contributed by atoms with Crippen molar-refractivity contribution in [1.82, 2.24) is 83.4 Å². The van der Waals surface area contributed by atoms with Gasteiger partial charge in [-0.1, -0.05) is 85.2 Å². The molecule has 0 spiro atoms.